The summed E-state index contributed by atoms with van der Waals surface area (Å²) in [4.78, 5) is 33.7. The second kappa shape index (κ2) is 15.1. The van der Waals surface area contributed by atoms with Crippen LogP contribution in [0.3, 0.4) is 0 Å². The van der Waals surface area contributed by atoms with Gasteiger partial charge in [0, 0.05) is 19.0 Å². The number of carbonyl (C=O) groups is 2. The summed E-state index contributed by atoms with van der Waals surface area (Å²) in [7, 11) is -3.40. The number of rotatable bonds is 12. The van der Waals surface area contributed by atoms with Gasteiger partial charge in [-0.15, -0.1) is 15.9 Å². The number of hydrogen-bond acceptors (Lipinski definition) is 11. The lowest BCUT2D eigenvalue weighted by Gasteiger charge is -2.42. The number of amides is 1. The van der Waals surface area contributed by atoms with Crippen LogP contribution in [-0.4, -0.2) is 74.6 Å². The zero-order valence-electron chi connectivity index (χ0n) is 30.6. The molecule has 1 aliphatic heterocycles. The first-order chi connectivity index (χ1) is 25.2. The highest BCUT2D eigenvalue weighted by Gasteiger charge is 2.41. The molecule has 6 rings (SSSR count). The molecule has 14 nitrogen and oxygen atoms in total. The zero-order valence-corrected chi connectivity index (χ0v) is 31.4. The molecule has 0 radical (unpaired) electrons. The van der Waals surface area contributed by atoms with Crippen LogP contribution in [0.4, 0.5) is 5.69 Å². The molecule has 3 heterocycles. The normalized spacial score (nSPS) is 16.9. The van der Waals surface area contributed by atoms with Gasteiger partial charge in [0.15, 0.2) is 6.61 Å². The van der Waals surface area contributed by atoms with Crippen LogP contribution in [-0.2, 0) is 22.7 Å². The molecule has 0 fully saturated rings. The van der Waals surface area contributed by atoms with Gasteiger partial charge in [-0.2, -0.15) is 4.31 Å². The number of benzene rings is 3. The molecule has 0 aliphatic carbocycles. The Morgan fingerprint density at radius 3 is 2.51 bits per heavy atom. The quantitative estimate of drug-likeness (QED) is 0.105. The second-order valence-electron chi connectivity index (χ2n) is 13.7. The molecule has 1 amide bonds. The van der Waals surface area contributed by atoms with E-state index in [-0.39, 0.29) is 24.6 Å². The van der Waals surface area contributed by atoms with Gasteiger partial charge in [0.2, 0.25) is 5.91 Å². The van der Waals surface area contributed by atoms with Crippen molar-refractivity contribution in [1.82, 2.24) is 29.3 Å². The van der Waals surface area contributed by atoms with E-state index < -0.39 is 34.7 Å². The summed E-state index contributed by atoms with van der Waals surface area (Å²) in [5.74, 6) is -1.51. The van der Waals surface area contributed by atoms with E-state index >= 15 is 0 Å². The van der Waals surface area contributed by atoms with Crippen LogP contribution in [0, 0.1) is 19.3 Å². The molecule has 2 atom stereocenters. The van der Waals surface area contributed by atoms with Crippen LogP contribution in [0.1, 0.15) is 67.9 Å². The molecular weight excluding hydrogens is 699 g/mol. The van der Waals surface area contributed by atoms with Crippen LogP contribution >= 0.6 is 10.8 Å². The molecule has 5 aromatic rings. The third-order valence-electron chi connectivity index (χ3n) is 9.82. The predicted octanol–water partition coefficient (Wildman–Crippen LogP) is 6.82. The largest absolute Gasteiger partial charge is 0.487 e. The maximum Gasteiger partial charge on any atom is 0.341 e. The molecular formula is C38H45N7O7S. The standard InChI is InChI=1S/C38H45N7O7S/c1-7-28-21-44(53(49,50)32-12-10-9-11-31(32)52-28)20-26-17-25(14-13-23(26)3)34(29-15-16-30-35(24(29)4)42-43-45(30)8-2)38(5,6)36(48)41-27-18-39-37(40-19-27)51-22-33(46)47/h9-19,28,34,49-50H,7-8,20-22H2,1-6H3,(H,41,48)(H,46,47). The van der Waals surface area contributed by atoms with E-state index in [2.05, 4.69) is 25.6 Å². The maximum absolute atomic E-state index is 14.3. The number of nitrogens with one attached hydrogen (secondary N) is 1. The lowest BCUT2D eigenvalue weighted by atomic mass is 9.69. The highest BCUT2D eigenvalue weighted by molar-refractivity contribution is 8.22. The summed E-state index contributed by atoms with van der Waals surface area (Å²) in [5.41, 5.74) is 5.31. The lowest BCUT2D eigenvalue weighted by molar-refractivity contribution is -0.139. The van der Waals surface area contributed by atoms with E-state index in [4.69, 9.17) is 14.6 Å². The fraction of sp³-hybridized carbons (Fsp3) is 0.368. The Balaban J connectivity index is 1.40. The minimum absolute atomic E-state index is 0.125. The number of nitrogens with zero attached hydrogens (tertiary/aromatic N) is 6. The van der Waals surface area contributed by atoms with Crippen molar-refractivity contribution in [2.45, 2.75) is 78.0 Å². The summed E-state index contributed by atoms with van der Waals surface area (Å²) in [6.45, 7) is 12.3. The van der Waals surface area contributed by atoms with Gasteiger partial charge in [0.05, 0.1) is 35.6 Å². The Bertz CT molecular complexity index is 2140. The molecule has 3 aromatic carbocycles. The van der Waals surface area contributed by atoms with Gasteiger partial charge < -0.3 is 19.9 Å². The predicted molar refractivity (Wildman–Crippen MR) is 201 cm³/mol. The number of hydrogen-bond donors (Lipinski definition) is 4. The van der Waals surface area contributed by atoms with Crippen LogP contribution in [0.15, 0.2) is 71.9 Å². The van der Waals surface area contributed by atoms with E-state index in [0.717, 1.165) is 38.9 Å². The van der Waals surface area contributed by atoms with Crippen molar-refractivity contribution >= 4 is 39.4 Å². The zero-order chi connectivity index (χ0) is 38.1. The Kier molecular flexibility index (Phi) is 10.7. The summed E-state index contributed by atoms with van der Waals surface area (Å²) >= 11 is 0. The van der Waals surface area contributed by atoms with Crippen LogP contribution in [0.2, 0.25) is 0 Å². The number of anilines is 1. The number of ether oxygens (including phenoxy) is 2. The van der Waals surface area contributed by atoms with E-state index in [0.29, 0.717) is 35.8 Å². The average molecular weight is 744 g/mol. The number of fused-ring (bicyclic) bond motifs is 2. The second-order valence-corrected chi connectivity index (χ2v) is 15.7. The number of para-hydroxylation sites is 1. The van der Waals surface area contributed by atoms with Crippen molar-refractivity contribution in [3.63, 3.8) is 0 Å². The van der Waals surface area contributed by atoms with Gasteiger partial charge in [-0.05, 0) is 73.2 Å². The third-order valence-corrected chi connectivity index (χ3v) is 11.7. The molecule has 4 N–H and O–H groups in total. The first-order valence-electron chi connectivity index (χ1n) is 17.4. The highest BCUT2D eigenvalue weighted by Crippen LogP contribution is 2.57. The van der Waals surface area contributed by atoms with E-state index in [9.17, 15) is 18.7 Å². The molecule has 1 aliphatic rings. The number of carboxylic acids is 1. The van der Waals surface area contributed by atoms with Crippen LogP contribution in [0.5, 0.6) is 11.8 Å². The molecule has 0 spiro atoms. The Labute approximate surface area is 309 Å². The van der Waals surface area contributed by atoms with E-state index in [1.54, 1.807) is 22.5 Å². The molecule has 0 bridgehead atoms. The minimum atomic E-state index is -3.40. The minimum Gasteiger partial charge on any atom is -0.487 e. The van der Waals surface area contributed by atoms with Crippen molar-refractivity contribution in [1.29, 1.82) is 0 Å². The number of aliphatic carboxylic acids is 1. The first-order valence-corrected chi connectivity index (χ1v) is 18.9. The Morgan fingerprint density at radius 2 is 1.81 bits per heavy atom. The smallest absolute Gasteiger partial charge is 0.341 e. The van der Waals surface area contributed by atoms with E-state index in [1.165, 1.54) is 12.4 Å². The molecule has 15 heteroatoms. The van der Waals surface area contributed by atoms with Crippen molar-refractivity contribution in [2.24, 2.45) is 5.41 Å². The summed E-state index contributed by atoms with van der Waals surface area (Å²) in [6.07, 6.45) is 3.15. The molecule has 0 saturated heterocycles. The molecule has 2 unspecified atom stereocenters. The Morgan fingerprint density at radius 1 is 1.08 bits per heavy atom. The van der Waals surface area contributed by atoms with Crippen molar-refractivity contribution < 1.29 is 33.3 Å². The molecule has 0 saturated carbocycles. The number of carboxylic acid groups (broad SMARTS) is 1. The highest BCUT2D eigenvalue weighted by atomic mass is 32.3. The summed E-state index contributed by atoms with van der Waals surface area (Å²) in [5, 5.41) is 20.7. The number of aryl methyl sites for hydroxylation is 3. The van der Waals surface area contributed by atoms with Gasteiger partial charge in [-0.1, -0.05) is 62.4 Å². The monoisotopic (exact) mass is 743 g/mol. The molecule has 53 heavy (non-hydrogen) atoms. The third kappa shape index (κ3) is 7.55. The van der Waals surface area contributed by atoms with Gasteiger partial charge in [0.25, 0.3) is 0 Å². The fourth-order valence-electron chi connectivity index (χ4n) is 6.78. The van der Waals surface area contributed by atoms with Gasteiger partial charge in [-0.25, -0.2) is 19.4 Å². The average Bonchev–Trinajstić information content (AvgIpc) is 3.52. The molecule has 280 valence electrons. The first kappa shape index (κ1) is 37.7. The number of carbonyl (C=O) groups excluding carboxylic acids is 1. The van der Waals surface area contributed by atoms with Crippen molar-refractivity contribution in [3.8, 4) is 11.8 Å². The van der Waals surface area contributed by atoms with E-state index in [1.807, 2.05) is 82.6 Å². The topological polar surface area (TPSA) is 185 Å². The summed E-state index contributed by atoms with van der Waals surface area (Å²) in [6, 6.07) is 17.0. The lowest BCUT2D eigenvalue weighted by Crippen LogP contribution is -2.37. The van der Waals surface area contributed by atoms with Gasteiger partial charge in [0.1, 0.15) is 22.3 Å². The Hall–Kier alpha value is -5.09. The van der Waals surface area contributed by atoms with Crippen molar-refractivity contribution in [3.05, 3.63) is 94.8 Å². The van der Waals surface area contributed by atoms with Crippen molar-refractivity contribution in [2.75, 3.05) is 18.5 Å². The summed E-state index contributed by atoms with van der Waals surface area (Å²) < 4.78 is 38.3. The van der Waals surface area contributed by atoms with Crippen LogP contribution in [0.25, 0.3) is 11.0 Å². The molecule has 2 aromatic heterocycles. The fourth-order valence-corrected chi connectivity index (χ4v) is 8.40. The maximum atomic E-state index is 14.3. The number of aromatic nitrogens is 5. The van der Waals surface area contributed by atoms with Crippen LogP contribution < -0.4 is 14.8 Å². The van der Waals surface area contributed by atoms with Gasteiger partial charge in [-0.3, -0.25) is 13.9 Å². The SMILES string of the molecule is CCC1CN(Cc2cc(C(c3ccc4c(nnn4CC)c3C)C(C)(C)C(=O)Nc3cnc(OCC(=O)O)nc3)ccc2C)S(O)(O)c2ccccc2O1. The van der Waals surface area contributed by atoms with Gasteiger partial charge >= 0.3 is 12.0 Å².